The number of hydrogen-bond acceptors (Lipinski definition) is 0. The van der Waals surface area contributed by atoms with Gasteiger partial charge in [0.15, 0.2) is 11.9 Å². The fourth-order valence-electron chi connectivity index (χ4n) is 1.30. The Labute approximate surface area is 68.7 Å². The van der Waals surface area contributed by atoms with Crippen LogP contribution in [0.2, 0.25) is 0 Å². The predicted molar refractivity (Wildman–Crippen MR) is 46.3 cm³/mol. The average Bonchev–Trinajstić information content (AvgIpc) is 1.86. The molecule has 0 amide bonds. The largest absolute Gasteiger partial charge is 0.205 e. The van der Waals surface area contributed by atoms with E-state index in [9.17, 15) is 0 Å². The van der Waals surface area contributed by atoms with Gasteiger partial charge in [0.2, 0.25) is 0 Å². The summed E-state index contributed by atoms with van der Waals surface area (Å²) < 4.78 is 2.17. The van der Waals surface area contributed by atoms with Crippen molar-refractivity contribution >= 4 is 0 Å². The number of pyridine rings is 1. The molecule has 0 saturated heterocycles. The number of rotatable bonds is 0. The summed E-state index contributed by atoms with van der Waals surface area (Å²) in [6.07, 6.45) is 2.08. The predicted octanol–water partition coefficient (Wildman–Crippen LogP) is 1.81. The molecule has 1 aromatic heterocycles. The molecule has 11 heavy (non-hydrogen) atoms. The Morgan fingerprint density at radius 3 is 2.18 bits per heavy atom. The first-order valence-electron chi connectivity index (χ1n) is 3.97. The highest BCUT2D eigenvalue weighted by Gasteiger charge is 2.21. The molecule has 0 aliphatic heterocycles. The van der Waals surface area contributed by atoms with Crippen molar-refractivity contribution in [1.82, 2.24) is 0 Å². The molecule has 1 heterocycles. The van der Waals surface area contributed by atoms with Gasteiger partial charge < -0.3 is 0 Å². The van der Waals surface area contributed by atoms with Gasteiger partial charge in [-0.3, -0.25) is 0 Å². The third-order valence-corrected chi connectivity index (χ3v) is 1.82. The zero-order valence-electron chi connectivity index (χ0n) is 7.76. The second-order valence-corrected chi connectivity index (χ2v) is 3.95. The van der Waals surface area contributed by atoms with Crippen molar-refractivity contribution < 1.29 is 4.57 Å². The Hall–Kier alpha value is -0.850. The van der Waals surface area contributed by atoms with Crippen molar-refractivity contribution in [3.8, 4) is 0 Å². The molecule has 0 unspecified atom stereocenters. The fourth-order valence-corrected chi connectivity index (χ4v) is 1.30. The van der Waals surface area contributed by atoms with Crippen LogP contribution in [0.5, 0.6) is 0 Å². The lowest BCUT2D eigenvalue weighted by molar-refractivity contribution is -0.682. The van der Waals surface area contributed by atoms with Gasteiger partial charge in [0, 0.05) is 17.5 Å². The molecular formula is C10H16N+. The normalized spacial score (nSPS) is 11.6. The van der Waals surface area contributed by atoms with E-state index >= 15 is 0 Å². The fraction of sp³-hybridized carbons (Fsp3) is 0.500. The maximum atomic E-state index is 2.22. The highest BCUT2D eigenvalue weighted by Crippen LogP contribution is 2.17. The van der Waals surface area contributed by atoms with Crippen molar-refractivity contribution in [2.24, 2.45) is 7.05 Å². The van der Waals surface area contributed by atoms with Crippen LogP contribution < -0.4 is 4.57 Å². The summed E-state index contributed by atoms with van der Waals surface area (Å²) in [7, 11) is 2.08. The van der Waals surface area contributed by atoms with Crippen LogP contribution in [0.1, 0.15) is 26.5 Å². The number of hydrogen-bond donors (Lipinski definition) is 0. The Morgan fingerprint density at radius 1 is 1.18 bits per heavy atom. The molecule has 0 spiro atoms. The SMILES string of the molecule is C[n+]1ccccc1C(C)(C)C. The van der Waals surface area contributed by atoms with Gasteiger partial charge in [0.1, 0.15) is 7.05 Å². The van der Waals surface area contributed by atoms with Gasteiger partial charge in [-0.05, 0) is 0 Å². The van der Waals surface area contributed by atoms with Gasteiger partial charge in [0.25, 0.3) is 0 Å². The topological polar surface area (TPSA) is 3.88 Å². The lowest BCUT2D eigenvalue weighted by Crippen LogP contribution is -2.38. The lowest BCUT2D eigenvalue weighted by atomic mass is 9.91. The third-order valence-electron chi connectivity index (χ3n) is 1.82. The van der Waals surface area contributed by atoms with Gasteiger partial charge in [0.05, 0.1) is 0 Å². The lowest BCUT2D eigenvalue weighted by Gasteiger charge is -2.14. The maximum absolute atomic E-state index is 2.22. The monoisotopic (exact) mass is 150 g/mol. The standard InChI is InChI=1S/C10H16N/c1-10(2,3)9-7-5-6-8-11(9)4/h5-8H,1-4H3/q+1. The molecule has 0 atom stereocenters. The summed E-state index contributed by atoms with van der Waals surface area (Å²) in [6.45, 7) is 6.67. The second-order valence-electron chi connectivity index (χ2n) is 3.95. The van der Waals surface area contributed by atoms with E-state index in [-0.39, 0.29) is 5.41 Å². The van der Waals surface area contributed by atoms with E-state index in [2.05, 4.69) is 56.8 Å². The molecule has 0 aliphatic rings. The smallest absolute Gasteiger partial charge is 0.186 e. The van der Waals surface area contributed by atoms with Crippen LogP contribution in [-0.2, 0) is 12.5 Å². The summed E-state index contributed by atoms with van der Waals surface area (Å²) >= 11 is 0. The van der Waals surface area contributed by atoms with Crippen molar-refractivity contribution in [3.05, 3.63) is 30.1 Å². The number of aromatic nitrogens is 1. The van der Waals surface area contributed by atoms with Crippen molar-refractivity contribution in [2.45, 2.75) is 26.2 Å². The highest BCUT2D eigenvalue weighted by atomic mass is 14.9. The second kappa shape index (κ2) is 2.65. The van der Waals surface area contributed by atoms with E-state index in [1.54, 1.807) is 0 Å². The van der Waals surface area contributed by atoms with E-state index in [0.717, 1.165) is 0 Å². The van der Waals surface area contributed by atoms with E-state index in [1.165, 1.54) is 5.69 Å². The molecule has 0 N–H and O–H groups in total. The van der Waals surface area contributed by atoms with Crippen LogP contribution in [0.4, 0.5) is 0 Å². The Bertz CT molecular complexity index is 245. The summed E-state index contributed by atoms with van der Waals surface area (Å²) in [4.78, 5) is 0. The molecule has 0 saturated carbocycles. The third kappa shape index (κ3) is 1.79. The molecule has 0 fully saturated rings. The zero-order chi connectivity index (χ0) is 8.48. The van der Waals surface area contributed by atoms with Crippen LogP contribution >= 0.6 is 0 Å². The zero-order valence-corrected chi connectivity index (χ0v) is 7.76. The Balaban J connectivity index is 3.14. The summed E-state index contributed by atoms with van der Waals surface area (Å²) in [5.41, 5.74) is 1.61. The highest BCUT2D eigenvalue weighted by molar-refractivity contribution is 5.06. The maximum Gasteiger partial charge on any atom is 0.186 e. The van der Waals surface area contributed by atoms with Gasteiger partial charge in [-0.25, -0.2) is 4.57 Å². The molecular weight excluding hydrogens is 134 g/mol. The molecule has 0 aromatic carbocycles. The van der Waals surface area contributed by atoms with Gasteiger partial charge in [-0.2, -0.15) is 0 Å². The first-order chi connectivity index (χ1) is 5.02. The first kappa shape index (κ1) is 8.25. The molecule has 0 bridgehead atoms. The summed E-state index contributed by atoms with van der Waals surface area (Å²) in [5, 5.41) is 0. The Morgan fingerprint density at radius 2 is 1.82 bits per heavy atom. The van der Waals surface area contributed by atoms with Gasteiger partial charge in [-0.15, -0.1) is 0 Å². The summed E-state index contributed by atoms with van der Waals surface area (Å²) in [5.74, 6) is 0. The molecule has 1 heteroatoms. The molecule has 1 rings (SSSR count). The van der Waals surface area contributed by atoms with Crippen LogP contribution in [0.15, 0.2) is 24.4 Å². The summed E-state index contributed by atoms with van der Waals surface area (Å²) in [6, 6.07) is 6.30. The number of aryl methyl sites for hydroxylation is 1. The van der Waals surface area contributed by atoms with Crippen LogP contribution in [-0.4, -0.2) is 0 Å². The minimum Gasteiger partial charge on any atom is -0.205 e. The van der Waals surface area contributed by atoms with E-state index in [1.807, 2.05) is 0 Å². The number of nitrogens with zero attached hydrogens (tertiary/aromatic N) is 1. The van der Waals surface area contributed by atoms with E-state index in [0.29, 0.717) is 0 Å². The molecule has 1 aromatic rings. The molecule has 0 radical (unpaired) electrons. The van der Waals surface area contributed by atoms with Crippen molar-refractivity contribution in [3.63, 3.8) is 0 Å². The Kier molecular flexibility index (Phi) is 1.99. The van der Waals surface area contributed by atoms with Crippen LogP contribution in [0.3, 0.4) is 0 Å². The minimum atomic E-state index is 0.246. The van der Waals surface area contributed by atoms with Crippen molar-refractivity contribution in [1.29, 1.82) is 0 Å². The quantitative estimate of drug-likeness (QED) is 0.497. The van der Waals surface area contributed by atoms with Crippen LogP contribution in [0, 0.1) is 0 Å². The van der Waals surface area contributed by atoms with Crippen LogP contribution in [0.25, 0.3) is 0 Å². The van der Waals surface area contributed by atoms with Gasteiger partial charge in [-0.1, -0.05) is 26.8 Å². The molecule has 1 nitrogen and oxygen atoms in total. The van der Waals surface area contributed by atoms with E-state index in [4.69, 9.17) is 0 Å². The minimum absolute atomic E-state index is 0.246. The first-order valence-corrected chi connectivity index (χ1v) is 3.97. The van der Waals surface area contributed by atoms with E-state index < -0.39 is 0 Å². The molecule has 60 valence electrons. The van der Waals surface area contributed by atoms with Gasteiger partial charge >= 0.3 is 0 Å². The van der Waals surface area contributed by atoms with Crippen molar-refractivity contribution in [2.75, 3.05) is 0 Å². The average molecular weight is 150 g/mol. The molecule has 0 aliphatic carbocycles.